The Bertz CT molecular complexity index is 1630. The molecule has 0 radical (unpaired) electrons. The van der Waals surface area contributed by atoms with Crippen LogP contribution in [0.3, 0.4) is 0 Å². The SMILES string of the molecule is Cc1c(C(=O)OCc2ccccc2)c2cc(O)c3ccccc3c2n1CCCNc1ccc([N+](=O)[O-])cc1. The van der Waals surface area contributed by atoms with Crippen molar-refractivity contribution in [3.8, 4) is 5.75 Å². The first kappa shape index (κ1) is 24.8. The van der Waals surface area contributed by atoms with Crippen molar-refractivity contribution < 1.29 is 19.6 Å². The van der Waals surface area contributed by atoms with Crippen LogP contribution in [0.4, 0.5) is 11.4 Å². The van der Waals surface area contributed by atoms with Crippen molar-refractivity contribution >= 4 is 39.0 Å². The third-order valence-electron chi connectivity index (χ3n) is 6.68. The van der Waals surface area contributed by atoms with Crippen molar-refractivity contribution in [2.45, 2.75) is 26.5 Å². The van der Waals surface area contributed by atoms with Gasteiger partial charge in [0.1, 0.15) is 12.4 Å². The van der Waals surface area contributed by atoms with Gasteiger partial charge < -0.3 is 19.7 Å². The standard InChI is InChI=1S/C30H27N3O5/c1-20-28(30(35)38-19-21-8-3-2-4-9-21)26-18-27(34)24-10-5-6-11-25(24)29(26)32(20)17-7-16-31-22-12-14-23(15-13-22)33(36)37/h2-6,8-15,18,31,34H,7,16-17,19H2,1H3. The molecule has 5 aromatic rings. The number of esters is 1. The minimum atomic E-state index is -0.436. The number of nitrogens with one attached hydrogen (secondary N) is 1. The Morgan fingerprint density at radius 1 is 0.974 bits per heavy atom. The van der Waals surface area contributed by atoms with Crippen molar-refractivity contribution in [3.63, 3.8) is 0 Å². The van der Waals surface area contributed by atoms with Crippen LogP contribution in [0.5, 0.6) is 5.75 Å². The predicted octanol–water partition coefficient (Wildman–Crippen LogP) is 6.58. The summed E-state index contributed by atoms with van der Waals surface area (Å²) in [5, 5.41) is 27.2. The summed E-state index contributed by atoms with van der Waals surface area (Å²) in [7, 11) is 0. The van der Waals surface area contributed by atoms with E-state index >= 15 is 0 Å². The predicted molar refractivity (Wildman–Crippen MR) is 148 cm³/mol. The van der Waals surface area contributed by atoms with Gasteiger partial charge in [-0.1, -0.05) is 54.6 Å². The van der Waals surface area contributed by atoms with Crippen molar-refractivity contribution in [3.05, 3.63) is 112 Å². The summed E-state index contributed by atoms with van der Waals surface area (Å²) in [6.07, 6.45) is 0.731. The number of phenols is 1. The molecular weight excluding hydrogens is 482 g/mol. The van der Waals surface area contributed by atoms with Gasteiger partial charge in [0.05, 0.1) is 16.0 Å². The second kappa shape index (κ2) is 10.6. The van der Waals surface area contributed by atoms with Gasteiger partial charge in [-0.2, -0.15) is 0 Å². The van der Waals surface area contributed by atoms with Gasteiger partial charge in [-0.15, -0.1) is 0 Å². The monoisotopic (exact) mass is 509 g/mol. The van der Waals surface area contributed by atoms with Gasteiger partial charge in [0.25, 0.3) is 5.69 Å². The van der Waals surface area contributed by atoms with E-state index in [0.29, 0.717) is 29.4 Å². The Kier molecular flexibility index (Phi) is 6.95. The number of nitrogens with zero attached hydrogens (tertiary/aromatic N) is 2. The van der Waals surface area contributed by atoms with Crippen molar-refractivity contribution in [2.75, 3.05) is 11.9 Å². The Labute approximate surface area is 219 Å². The second-order valence-corrected chi connectivity index (χ2v) is 9.10. The fourth-order valence-corrected chi connectivity index (χ4v) is 4.82. The molecule has 0 spiro atoms. The van der Waals surface area contributed by atoms with E-state index in [1.165, 1.54) is 12.1 Å². The molecule has 192 valence electrons. The molecule has 0 fully saturated rings. The molecule has 0 atom stereocenters. The minimum absolute atomic E-state index is 0.0480. The van der Waals surface area contributed by atoms with Crippen LogP contribution in [0.1, 0.15) is 28.0 Å². The van der Waals surface area contributed by atoms with Gasteiger partial charge in [0.15, 0.2) is 0 Å². The van der Waals surface area contributed by atoms with Crippen molar-refractivity contribution in [1.82, 2.24) is 4.57 Å². The first-order valence-corrected chi connectivity index (χ1v) is 12.4. The molecule has 8 nitrogen and oxygen atoms in total. The summed E-state index contributed by atoms with van der Waals surface area (Å²) in [5.74, 6) is -0.323. The zero-order chi connectivity index (χ0) is 26.6. The summed E-state index contributed by atoms with van der Waals surface area (Å²) >= 11 is 0. The van der Waals surface area contributed by atoms with E-state index in [1.54, 1.807) is 18.2 Å². The lowest BCUT2D eigenvalue weighted by Gasteiger charge is -2.12. The van der Waals surface area contributed by atoms with Crippen LogP contribution in [-0.2, 0) is 17.9 Å². The van der Waals surface area contributed by atoms with Gasteiger partial charge >= 0.3 is 5.97 Å². The third kappa shape index (κ3) is 4.88. The topological polar surface area (TPSA) is 107 Å². The smallest absolute Gasteiger partial charge is 0.340 e. The quantitative estimate of drug-likeness (QED) is 0.101. The number of rotatable bonds is 9. The summed E-state index contributed by atoms with van der Waals surface area (Å²) in [5.41, 5.74) is 3.83. The Balaban J connectivity index is 1.43. The van der Waals surface area contributed by atoms with Crippen LogP contribution in [-0.4, -0.2) is 27.1 Å². The van der Waals surface area contributed by atoms with Crippen LogP contribution >= 0.6 is 0 Å². The van der Waals surface area contributed by atoms with E-state index in [9.17, 15) is 20.0 Å². The van der Waals surface area contributed by atoms with E-state index in [4.69, 9.17) is 4.74 Å². The highest BCUT2D eigenvalue weighted by Gasteiger charge is 2.24. The largest absolute Gasteiger partial charge is 0.507 e. The average Bonchev–Trinajstić information content (AvgIpc) is 3.21. The van der Waals surface area contributed by atoms with Gasteiger partial charge in [-0.3, -0.25) is 10.1 Å². The van der Waals surface area contributed by atoms with E-state index in [0.717, 1.165) is 34.3 Å². The number of aromatic hydroxyl groups is 1. The number of phenolic OH excluding ortho intramolecular Hbond substituents is 1. The first-order valence-electron chi connectivity index (χ1n) is 12.4. The molecule has 8 heteroatoms. The number of carbonyl (C=O) groups excluding carboxylic acids is 1. The molecule has 38 heavy (non-hydrogen) atoms. The highest BCUT2D eigenvalue weighted by atomic mass is 16.6. The minimum Gasteiger partial charge on any atom is -0.507 e. The number of anilines is 1. The zero-order valence-corrected chi connectivity index (χ0v) is 20.9. The molecule has 0 bridgehead atoms. The lowest BCUT2D eigenvalue weighted by Crippen LogP contribution is -2.10. The molecule has 1 aromatic heterocycles. The van der Waals surface area contributed by atoms with Crippen LogP contribution in [0.2, 0.25) is 0 Å². The average molecular weight is 510 g/mol. The molecule has 0 amide bonds. The van der Waals surface area contributed by atoms with Gasteiger partial charge in [0, 0.05) is 52.8 Å². The lowest BCUT2D eigenvalue weighted by atomic mass is 10.0. The molecule has 0 aliphatic carbocycles. The number of hydrogen-bond donors (Lipinski definition) is 2. The van der Waals surface area contributed by atoms with Gasteiger partial charge in [0.2, 0.25) is 0 Å². The number of ether oxygens (including phenoxy) is 1. The van der Waals surface area contributed by atoms with E-state index in [1.807, 2.05) is 61.5 Å². The van der Waals surface area contributed by atoms with Crippen molar-refractivity contribution in [2.24, 2.45) is 0 Å². The summed E-state index contributed by atoms with van der Waals surface area (Å²) in [6, 6.07) is 25.1. The maximum atomic E-state index is 13.3. The van der Waals surface area contributed by atoms with Gasteiger partial charge in [-0.25, -0.2) is 4.79 Å². The number of fused-ring (bicyclic) bond motifs is 3. The number of nitro benzene ring substituents is 1. The fourth-order valence-electron chi connectivity index (χ4n) is 4.82. The molecule has 0 unspecified atom stereocenters. The molecule has 4 aromatic carbocycles. The highest BCUT2D eigenvalue weighted by Crippen LogP contribution is 2.37. The normalized spacial score (nSPS) is 11.1. The van der Waals surface area contributed by atoms with E-state index < -0.39 is 10.9 Å². The molecule has 5 rings (SSSR count). The second-order valence-electron chi connectivity index (χ2n) is 9.10. The number of hydrogen-bond acceptors (Lipinski definition) is 6. The maximum Gasteiger partial charge on any atom is 0.340 e. The first-order chi connectivity index (χ1) is 18.4. The third-order valence-corrected chi connectivity index (χ3v) is 6.68. The maximum absolute atomic E-state index is 13.3. The van der Waals surface area contributed by atoms with Crippen LogP contribution < -0.4 is 5.32 Å². The molecular formula is C30H27N3O5. The number of carbonyl (C=O) groups is 1. The molecule has 2 N–H and O–H groups in total. The summed E-state index contributed by atoms with van der Waals surface area (Å²) < 4.78 is 7.79. The molecule has 0 aliphatic rings. The van der Waals surface area contributed by atoms with Crippen LogP contribution in [0.15, 0.2) is 84.9 Å². The number of nitro groups is 1. The number of aromatic nitrogens is 1. The van der Waals surface area contributed by atoms with Crippen molar-refractivity contribution in [1.29, 1.82) is 0 Å². The molecule has 0 saturated carbocycles. The van der Waals surface area contributed by atoms with Gasteiger partial charge in [-0.05, 0) is 37.1 Å². The van der Waals surface area contributed by atoms with E-state index in [-0.39, 0.29) is 18.0 Å². The Hall–Kier alpha value is -4.85. The molecule has 1 heterocycles. The lowest BCUT2D eigenvalue weighted by molar-refractivity contribution is -0.384. The van der Waals surface area contributed by atoms with Crippen LogP contribution in [0, 0.1) is 17.0 Å². The summed E-state index contributed by atoms with van der Waals surface area (Å²) in [4.78, 5) is 23.8. The Morgan fingerprint density at radius 2 is 1.66 bits per heavy atom. The molecule has 0 aliphatic heterocycles. The number of benzene rings is 4. The summed E-state index contributed by atoms with van der Waals surface area (Å²) in [6.45, 7) is 3.29. The van der Waals surface area contributed by atoms with E-state index in [2.05, 4.69) is 9.88 Å². The fraction of sp³-hybridized carbons (Fsp3) is 0.167. The highest BCUT2D eigenvalue weighted by molar-refractivity contribution is 6.16. The number of non-ortho nitro benzene ring substituents is 1. The van der Waals surface area contributed by atoms with Crippen LogP contribution in [0.25, 0.3) is 21.7 Å². The Morgan fingerprint density at radius 3 is 2.37 bits per heavy atom. The molecule has 0 saturated heterocycles. The number of aryl methyl sites for hydroxylation is 1. The zero-order valence-electron chi connectivity index (χ0n) is 20.9.